The standard InChI is InChI=1S/C15H23NO2/c1-14(2,3)11-7-10(9-16-18)8-12(13(11)17)15(4,5)6/h7-9,16H,1-6H3,(H-,17,18)/b16-9-. The van der Waals surface area contributed by atoms with Gasteiger partial charge in [0.15, 0.2) is 6.21 Å². The molecule has 100 valence electrons. The van der Waals surface area contributed by atoms with Gasteiger partial charge in [0.05, 0.1) is 0 Å². The van der Waals surface area contributed by atoms with E-state index in [1.807, 2.05) is 53.7 Å². The third-order valence-corrected chi connectivity index (χ3v) is 2.97. The van der Waals surface area contributed by atoms with Gasteiger partial charge in [-0.25, -0.2) is 5.16 Å². The van der Waals surface area contributed by atoms with E-state index in [0.717, 1.165) is 16.7 Å². The molecule has 0 heterocycles. The molecule has 0 aliphatic carbocycles. The minimum absolute atomic E-state index is 0.170. The van der Waals surface area contributed by atoms with Crippen LogP contribution in [0.3, 0.4) is 0 Å². The van der Waals surface area contributed by atoms with Gasteiger partial charge in [0, 0.05) is 16.7 Å². The first-order chi connectivity index (χ1) is 8.07. The third kappa shape index (κ3) is 3.03. The lowest BCUT2D eigenvalue weighted by molar-refractivity contribution is -0.366. The van der Waals surface area contributed by atoms with Gasteiger partial charge in [-0.15, -0.1) is 0 Å². The molecule has 1 rings (SSSR count). The van der Waals surface area contributed by atoms with Crippen LogP contribution in [0.15, 0.2) is 12.1 Å². The molecule has 0 amide bonds. The van der Waals surface area contributed by atoms with Crippen LogP contribution in [0, 0.1) is 5.21 Å². The number of aromatic hydroxyl groups is 1. The summed E-state index contributed by atoms with van der Waals surface area (Å²) in [5, 5.41) is 22.8. The van der Waals surface area contributed by atoms with Crippen molar-refractivity contribution in [2.45, 2.75) is 52.4 Å². The maximum absolute atomic E-state index is 10.5. The van der Waals surface area contributed by atoms with Crippen molar-refractivity contribution in [3.05, 3.63) is 34.0 Å². The summed E-state index contributed by atoms with van der Waals surface area (Å²) in [6.07, 6.45) is 1.41. The molecule has 0 aromatic heterocycles. The van der Waals surface area contributed by atoms with Gasteiger partial charge in [-0.2, -0.15) is 0 Å². The summed E-state index contributed by atoms with van der Waals surface area (Å²) in [5.74, 6) is 0.332. The van der Waals surface area contributed by atoms with E-state index in [9.17, 15) is 10.3 Å². The number of benzene rings is 1. The van der Waals surface area contributed by atoms with Crippen molar-refractivity contribution in [2.24, 2.45) is 0 Å². The van der Waals surface area contributed by atoms with E-state index in [1.54, 1.807) is 5.16 Å². The molecule has 3 nitrogen and oxygen atoms in total. The lowest BCUT2D eigenvalue weighted by Gasteiger charge is -2.27. The Hall–Kier alpha value is -1.51. The summed E-state index contributed by atoms with van der Waals surface area (Å²) in [5.41, 5.74) is 2.17. The summed E-state index contributed by atoms with van der Waals surface area (Å²) in [6.45, 7) is 12.3. The van der Waals surface area contributed by atoms with E-state index in [4.69, 9.17) is 0 Å². The number of phenolic OH excluding ortho intramolecular Hbond substituents is 1. The van der Waals surface area contributed by atoms with Gasteiger partial charge in [-0.1, -0.05) is 41.5 Å². The molecule has 0 saturated carbocycles. The van der Waals surface area contributed by atoms with E-state index in [0.29, 0.717) is 5.75 Å². The number of hydrogen-bond acceptors (Lipinski definition) is 2. The largest absolute Gasteiger partial charge is 0.625 e. The van der Waals surface area contributed by atoms with Crippen LogP contribution in [-0.2, 0) is 10.8 Å². The summed E-state index contributed by atoms with van der Waals surface area (Å²) >= 11 is 0. The maximum atomic E-state index is 10.5. The van der Waals surface area contributed by atoms with Gasteiger partial charge in [-0.3, -0.25) is 0 Å². The topological polar surface area (TPSA) is 57.3 Å². The molecule has 1 aromatic rings. The van der Waals surface area contributed by atoms with Crippen LogP contribution in [0.4, 0.5) is 0 Å². The Morgan fingerprint density at radius 3 is 1.67 bits per heavy atom. The van der Waals surface area contributed by atoms with E-state index in [2.05, 4.69) is 0 Å². The van der Waals surface area contributed by atoms with Crippen LogP contribution in [0.5, 0.6) is 5.75 Å². The molecule has 0 aliphatic rings. The highest BCUT2D eigenvalue weighted by molar-refractivity contribution is 5.77. The van der Waals surface area contributed by atoms with Gasteiger partial charge >= 0.3 is 0 Å². The quantitative estimate of drug-likeness (QED) is 0.454. The van der Waals surface area contributed by atoms with Crippen molar-refractivity contribution in [2.75, 3.05) is 0 Å². The maximum Gasteiger partial charge on any atom is 0.179 e. The van der Waals surface area contributed by atoms with Gasteiger partial charge < -0.3 is 10.3 Å². The molecule has 0 unspecified atom stereocenters. The van der Waals surface area contributed by atoms with E-state index >= 15 is 0 Å². The minimum atomic E-state index is -0.170. The first-order valence-corrected chi connectivity index (χ1v) is 6.16. The summed E-state index contributed by atoms with van der Waals surface area (Å²) in [4.78, 5) is 0. The molecule has 0 atom stereocenters. The van der Waals surface area contributed by atoms with Crippen molar-refractivity contribution in [3.63, 3.8) is 0 Å². The van der Waals surface area contributed by atoms with Crippen LogP contribution >= 0.6 is 0 Å². The minimum Gasteiger partial charge on any atom is -0.625 e. The highest BCUT2D eigenvalue weighted by atomic mass is 16.4. The molecule has 0 bridgehead atoms. The fraction of sp³-hybridized carbons (Fsp3) is 0.533. The van der Waals surface area contributed by atoms with Crippen molar-refractivity contribution < 1.29 is 10.3 Å². The summed E-state index contributed by atoms with van der Waals surface area (Å²) in [6, 6.07) is 3.71. The molecule has 0 fully saturated rings. The SMILES string of the molecule is CC(C)(C)c1cc(/C=[NH+]\[O-])cc(C(C)(C)C)c1O. The molecule has 0 radical (unpaired) electrons. The molecule has 1 aromatic carbocycles. The lowest BCUT2D eigenvalue weighted by Crippen LogP contribution is -2.60. The zero-order chi connectivity index (χ0) is 14.1. The Kier molecular flexibility index (Phi) is 3.75. The van der Waals surface area contributed by atoms with Crippen LogP contribution in [-0.4, -0.2) is 11.3 Å². The summed E-state index contributed by atoms with van der Waals surface area (Å²) < 4.78 is 0. The smallest absolute Gasteiger partial charge is 0.179 e. The Balaban J connectivity index is 3.59. The first kappa shape index (κ1) is 14.6. The fourth-order valence-electron chi connectivity index (χ4n) is 1.95. The number of rotatable bonds is 1. The molecular weight excluding hydrogens is 226 g/mol. The van der Waals surface area contributed by atoms with Crippen molar-refractivity contribution >= 4 is 6.21 Å². The number of phenols is 1. The van der Waals surface area contributed by atoms with E-state index in [1.165, 1.54) is 6.21 Å². The molecule has 0 spiro atoms. The molecule has 0 aliphatic heterocycles. The zero-order valence-electron chi connectivity index (χ0n) is 12.1. The number of nitrogens with one attached hydrogen (secondary N) is 1. The predicted octanol–water partition coefficient (Wildman–Crippen LogP) is 1.98. The molecule has 3 heteroatoms. The Labute approximate surface area is 109 Å². The number of hydrogen-bond donors (Lipinski definition) is 2. The normalized spacial score (nSPS) is 13.2. The molecule has 2 N–H and O–H groups in total. The van der Waals surface area contributed by atoms with Crippen molar-refractivity contribution in [1.82, 2.24) is 0 Å². The van der Waals surface area contributed by atoms with E-state index in [-0.39, 0.29) is 10.8 Å². The summed E-state index contributed by atoms with van der Waals surface area (Å²) in [7, 11) is 0. The average molecular weight is 249 g/mol. The average Bonchev–Trinajstić information content (AvgIpc) is 2.17. The van der Waals surface area contributed by atoms with E-state index < -0.39 is 0 Å². The Morgan fingerprint density at radius 2 is 1.39 bits per heavy atom. The van der Waals surface area contributed by atoms with Gasteiger partial charge in [0.2, 0.25) is 0 Å². The second-order valence-corrected chi connectivity index (χ2v) is 6.73. The second kappa shape index (κ2) is 4.63. The Morgan fingerprint density at radius 1 is 1.00 bits per heavy atom. The van der Waals surface area contributed by atoms with Crippen molar-refractivity contribution in [3.8, 4) is 5.75 Å². The van der Waals surface area contributed by atoms with Gasteiger partial charge in [0.25, 0.3) is 0 Å². The lowest BCUT2D eigenvalue weighted by atomic mass is 9.78. The molecule has 0 saturated heterocycles. The first-order valence-electron chi connectivity index (χ1n) is 6.16. The molecule has 18 heavy (non-hydrogen) atoms. The van der Waals surface area contributed by atoms with Crippen LogP contribution < -0.4 is 5.16 Å². The molecular formula is C15H23NO2. The highest BCUT2D eigenvalue weighted by Gasteiger charge is 2.26. The van der Waals surface area contributed by atoms with Crippen LogP contribution in [0.1, 0.15) is 58.2 Å². The predicted molar refractivity (Wildman–Crippen MR) is 75.0 cm³/mol. The second-order valence-electron chi connectivity index (χ2n) is 6.73. The highest BCUT2D eigenvalue weighted by Crippen LogP contribution is 2.39. The van der Waals surface area contributed by atoms with Crippen LogP contribution in [0.25, 0.3) is 0 Å². The monoisotopic (exact) mass is 249 g/mol. The Bertz CT molecular complexity index is 427. The van der Waals surface area contributed by atoms with Gasteiger partial charge in [0.1, 0.15) is 5.75 Å². The van der Waals surface area contributed by atoms with Gasteiger partial charge in [-0.05, 0) is 23.0 Å². The zero-order valence-corrected chi connectivity index (χ0v) is 12.1. The fourth-order valence-corrected chi connectivity index (χ4v) is 1.95. The third-order valence-electron chi connectivity index (χ3n) is 2.97. The van der Waals surface area contributed by atoms with Crippen LogP contribution in [0.2, 0.25) is 0 Å². The van der Waals surface area contributed by atoms with Crippen molar-refractivity contribution in [1.29, 1.82) is 0 Å².